The smallest absolute Gasteiger partial charge is 0.0689 e. The number of hydrogen-bond acceptors (Lipinski definition) is 1. The first-order valence-corrected chi connectivity index (χ1v) is 4.83. The molecule has 0 aromatic rings. The molecule has 0 bridgehead atoms. The quantitative estimate of drug-likeness (QED) is 0.544. The van der Waals surface area contributed by atoms with Crippen LogP contribution in [0.4, 0.5) is 0 Å². The first kappa shape index (κ1) is 7.33. The normalized spacial score (nSPS) is 20.9. The number of nitrogens with zero attached hydrogens (tertiary/aromatic N) is 1. The van der Waals surface area contributed by atoms with Gasteiger partial charge in [-0.15, -0.1) is 0 Å². The minimum atomic E-state index is 0.144. The maximum atomic E-state index is 8.63. The number of alkyl halides is 1. The Balaban J connectivity index is 2.20. The Labute approximate surface area is 69.6 Å². The summed E-state index contributed by atoms with van der Waals surface area (Å²) < 4.78 is 1.20. The SMILES string of the molecule is N#CC1(CCCI)CC1. The van der Waals surface area contributed by atoms with Crippen molar-refractivity contribution in [3.05, 3.63) is 0 Å². The largest absolute Gasteiger partial charge is 0.198 e. The van der Waals surface area contributed by atoms with Gasteiger partial charge in [0.25, 0.3) is 0 Å². The van der Waals surface area contributed by atoms with Crippen molar-refractivity contribution in [2.24, 2.45) is 5.41 Å². The van der Waals surface area contributed by atoms with E-state index in [1.54, 1.807) is 0 Å². The highest BCUT2D eigenvalue weighted by atomic mass is 127. The van der Waals surface area contributed by atoms with Gasteiger partial charge in [0.05, 0.1) is 11.5 Å². The van der Waals surface area contributed by atoms with Crippen molar-refractivity contribution in [2.75, 3.05) is 4.43 Å². The van der Waals surface area contributed by atoms with Crippen molar-refractivity contribution in [3.63, 3.8) is 0 Å². The second-order valence-corrected chi connectivity index (χ2v) is 3.76. The Bertz CT molecular complexity index is 132. The molecule has 0 radical (unpaired) electrons. The van der Waals surface area contributed by atoms with Gasteiger partial charge in [0.15, 0.2) is 0 Å². The monoisotopic (exact) mass is 235 g/mol. The molecule has 0 spiro atoms. The maximum Gasteiger partial charge on any atom is 0.0689 e. The average molecular weight is 235 g/mol. The second-order valence-electron chi connectivity index (χ2n) is 2.68. The fraction of sp³-hybridized carbons (Fsp3) is 0.857. The first-order chi connectivity index (χ1) is 4.33. The molecular formula is C7H10IN. The molecule has 1 rings (SSSR count). The first-order valence-electron chi connectivity index (χ1n) is 3.30. The summed E-state index contributed by atoms with van der Waals surface area (Å²) >= 11 is 2.36. The van der Waals surface area contributed by atoms with Gasteiger partial charge in [-0.05, 0) is 30.1 Å². The van der Waals surface area contributed by atoms with E-state index in [2.05, 4.69) is 28.7 Å². The molecular weight excluding hydrogens is 225 g/mol. The van der Waals surface area contributed by atoms with Crippen molar-refractivity contribution in [1.82, 2.24) is 0 Å². The van der Waals surface area contributed by atoms with Crippen LogP contribution in [-0.4, -0.2) is 4.43 Å². The standard InChI is InChI=1S/C7H10IN/c8-5-1-2-7(6-9)3-4-7/h1-5H2. The van der Waals surface area contributed by atoms with Gasteiger partial charge in [-0.2, -0.15) is 5.26 Å². The molecule has 50 valence electrons. The lowest BCUT2D eigenvalue weighted by Crippen LogP contribution is -1.94. The van der Waals surface area contributed by atoms with Crippen LogP contribution >= 0.6 is 22.6 Å². The van der Waals surface area contributed by atoms with E-state index in [0.29, 0.717) is 0 Å². The molecule has 0 heterocycles. The van der Waals surface area contributed by atoms with Gasteiger partial charge >= 0.3 is 0 Å². The van der Waals surface area contributed by atoms with Crippen molar-refractivity contribution < 1.29 is 0 Å². The zero-order chi connectivity index (χ0) is 6.74. The Hall–Kier alpha value is 0.220. The van der Waals surface area contributed by atoms with Crippen molar-refractivity contribution >= 4 is 22.6 Å². The molecule has 0 amide bonds. The van der Waals surface area contributed by atoms with E-state index in [4.69, 9.17) is 5.26 Å². The number of rotatable bonds is 3. The summed E-state index contributed by atoms with van der Waals surface area (Å²) in [5, 5.41) is 8.63. The van der Waals surface area contributed by atoms with Gasteiger partial charge in [-0.1, -0.05) is 22.6 Å². The second kappa shape index (κ2) is 2.87. The van der Waals surface area contributed by atoms with E-state index in [-0.39, 0.29) is 5.41 Å². The Morgan fingerprint density at radius 2 is 2.22 bits per heavy atom. The molecule has 0 aliphatic heterocycles. The molecule has 1 nitrogen and oxygen atoms in total. The number of hydrogen-bond donors (Lipinski definition) is 0. The summed E-state index contributed by atoms with van der Waals surface area (Å²) in [7, 11) is 0. The van der Waals surface area contributed by atoms with Gasteiger partial charge < -0.3 is 0 Å². The summed E-state index contributed by atoms with van der Waals surface area (Å²) in [5.41, 5.74) is 0.144. The van der Waals surface area contributed by atoms with Gasteiger partial charge in [0.1, 0.15) is 0 Å². The van der Waals surface area contributed by atoms with Gasteiger partial charge in [-0.3, -0.25) is 0 Å². The van der Waals surface area contributed by atoms with Gasteiger partial charge in [0, 0.05) is 0 Å². The Morgan fingerprint density at radius 1 is 1.56 bits per heavy atom. The summed E-state index contributed by atoms with van der Waals surface area (Å²) in [4.78, 5) is 0. The van der Waals surface area contributed by atoms with Crippen LogP contribution in [0.3, 0.4) is 0 Å². The molecule has 2 heteroatoms. The van der Waals surface area contributed by atoms with Crippen LogP contribution in [0.5, 0.6) is 0 Å². The highest BCUT2D eigenvalue weighted by molar-refractivity contribution is 14.1. The van der Waals surface area contributed by atoms with E-state index in [0.717, 1.165) is 19.3 Å². The zero-order valence-corrected chi connectivity index (χ0v) is 7.52. The number of halogens is 1. The fourth-order valence-corrected chi connectivity index (χ4v) is 1.36. The molecule has 0 atom stereocenters. The van der Waals surface area contributed by atoms with E-state index >= 15 is 0 Å². The lowest BCUT2D eigenvalue weighted by atomic mass is 10.0. The van der Waals surface area contributed by atoms with Crippen LogP contribution in [0.2, 0.25) is 0 Å². The highest BCUT2D eigenvalue weighted by Crippen LogP contribution is 2.48. The molecule has 1 fully saturated rings. The van der Waals surface area contributed by atoms with Crippen LogP contribution in [0.15, 0.2) is 0 Å². The van der Waals surface area contributed by atoms with Crippen molar-refractivity contribution in [1.29, 1.82) is 5.26 Å². The van der Waals surface area contributed by atoms with Crippen molar-refractivity contribution in [2.45, 2.75) is 25.7 Å². The summed E-state index contributed by atoms with van der Waals surface area (Å²) in [5.74, 6) is 0. The molecule has 9 heavy (non-hydrogen) atoms. The molecule has 1 saturated carbocycles. The van der Waals surface area contributed by atoms with Gasteiger partial charge in [-0.25, -0.2) is 0 Å². The molecule has 0 unspecified atom stereocenters. The lowest BCUT2D eigenvalue weighted by molar-refractivity contribution is 0.591. The Kier molecular flexibility index (Phi) is 2.34. The summed E-state index contributed by atoms with van der Waals surface area (Å²) in [6, 6.07) is 2.38. The third-order valence-electron chi connectivity index (χ3n) is 1.88. The minimum absolute atomic E-state index is 0.144. The third kappa shape index (κ3) is 1.82. The molecule has 0 aromatic heterocycles. The molecule has 0 aromatic carbocycles. The molecule has 1 aliphatic carbocycles. The average Bonchev–Trinajstić information content (AvgIpc) is 2.65. The Morgan fingerprint density at radius 3 is 2.56 bits per heavy atom. The fourth-order valence-electron chi connectivity index (χ4n) is 0.974. The van der Waals surface area contributed by atoms with Crippen LogP contribution < -0.4 is 0 Å². The van der Waals surface area contributed by atoms with E-state index in [9.17, 15) is 0 Å². The van der Waals surface area contributed by atoms with E-state index in [1.807, 2.05) is 0 Å². The predicted octanol–water partition coefficient (Wildman–Crippen LogP) is 2.51. The van der Waals surface area contributed by atoms with Gasteiger partial charge in [0.2, 0.25) is 0 Å². The topological polar surface area (TPSA) is 23.8 Å². The van der Waals surface area contributed by atoms with Crippen LogP contribution in [0.25, 0.3) is 0 Å². The van der Waals surface area contributed by atoms with Crippen LogP contribution in [-0.2, 0) is 0 Å². The van der Waals surface area contributed by atoms with Crippen molar-refractivity contribution in [3.8, 4) is 6.07 Å². The molecule has 1 aliphatic rings. The summed E-state index contributed by atoms with van der Waals surface area (Å²) in [6.45, 7) is 0. The third-order valence-corrected chi connectivity index (χ3v) is 2.64. The highest BCUT2D eigenvalue weighted by Gasteiger charge is 2.41. The molecule has 0 N–H and O–H groups in total. The predicted molar refractivity (Wildman–Crippen MR) is 45.4 cm³/mol. The minimum Gasteiger partial charge on any atom is -0.198 e. The lowest BCUT2D eigenvalue weighted by Gasteiger charge is -2.00. The van der Waals surface area contributed by atoms with E-state index in [1.165, 1.54) is 10.8 Å². The molecule has 0 saturated heterocycles. The zero-order valence-electron chi connectivity index (χ0n) is 5.36. The van der Waals surface area contributed by atoms with Crippen LogP contribution in [0, 0.1) is 16.7 Å². The summed E-state index contributed by atoms with van der Waals surface area (Å²) in [6.07, 6.45) is 4.65. The van der Waals surface area contributed by atoms with Crippen LogP contribution in [0.1, 0.15) is 25.7 Å². The number of nitriles is 1. The maximum absolute atomic E-state index is 8.63. The van der Waals surface area contributed by atoms with E-state index < -0.39 is 0 Å².